The summed E-state index contributed by atoms with van der Waals surface area (Å²) in [6.07, 6.45) is 3.73. The number of Topliss-reactive ketones (excluding diaryl/α,β-unsaturated/α-hetero) is 1. The van der Waals surface area contributed by atoms with Crippen LogP contribution in [0.2, 0.25) is 0 Å². The van der Waals surface area contributed by atoms with Gasteiger partial charge in [0.25, 0.3) is 0 Å². The lowest BCUT2D eigenvalue weighted by Gasteiger charge is -1.88. The molecule has 0 radical (unpaired) electrons. The minimum atomic E-state index is 0.0809. The molecule has 2 aromatic rings. The van der Waals surface area contributed by atoms with E-state index in [4.69, 9.17) is 8.94 Å². The number of ketones is 1. The van der Waals surface area contributed by atoms with Crippen LogP contribution in [-0.4, -0.2) is 15.9 Å². The molecule has 0 fully saturated rings. The molecule has 0 unspecified atom stereocenters. The molecule has 0 saturated heterocycles. The van der Waals surface area contributed by atoms with Crippen LogP contribution < -0.4 is 0 Å². The minimum Gasteiger partial charge on any atom is -0.472 e. The van der Waals surface area contributed by atoms with Gasteiger partial charge >= 0.3 is 0 Å². The molecule has 0 aliphatic carbocycles. The number of hydrogen-bond donors (Lipinski definition) is 0. The van der Waals surface area contributed by atoms with E-state index < -0.39 is 0 Å². The topological polar surface area (TPSA) is 69.1 Å². The first kappa shape index (κ1) is 9.64. The van der Waals surface area contributed by atoms with Gasteiger partial charge in [-0.05, 0) is 6.07 Å². The largest absolute Gasteiger partial charge is 0.472 e. The Hall–Kier alpha value is -1.91. The molecule has 0 saturated carbocycles. The highest BCUT2D eigenvalue weighted by molar-refractivity contribution is 5.79. The second-order valence-corrected chi connectivity index (χ2v) is 3.09. The van der Waals surface area contributed by atoms with Gasteiger partial charge in [-0.3, -0.25) is 4.79 Å². The fraction of sp³-hybridized carbons (Fsp3) is 0.300. The quantitative estimate of drug-likeness (QED) is 0.763. The lowest BCUT2D eigenvalue weighted by molar-refractivity contribution is -0.118. The summed E-state index contributed by atoms with van der Waals surface area (Å²) in [4.78, 5) is 15.2. The van der Waals surface area contributed by atoms with Crippen molar-refractivity contribution >= 4 is 5.78 Å². The van der Waals surface area contributed by atoms with Crippen molar-refractivity contribution in [3.05, 3.63) is 24.5 Å². The highest BCUT2D eigenvalue weighted by Crippen LogP contribution is 2.15. The number of furan rings is 1. The lowest BCUT2D eigenvalue weighted by Crippen LogP contribution is -2.00. The summed E-state index contributed by atoms with van der Waals surface area (Å²) in [6.45, 7) is 1.80. The smallest absolute Gasteiger partial charge is 0.234 e. The molecule has 0 atom stereocenters. The van der Waals surface area contributed by atoms with Crippen LogP contribution in [0.4, 0.5) is 0 Å². The molecular weight excluding hydrogens is 196 g/mol. The van der Waals surface area contributed by atoms with Gasteiger partial charge in [0.05, 0.1) is 18.2 Å². The third-order valence-corrected chi connectivity index (χ3v) is 1.99. The first-order chi connectivity index (χ1) is 7.29. The molecule has 0 aliphatic heterocycles. The normalized spacial score (nSPS) is 10.5. The van der Waals surface area contributed by atoms with Crippen molar-refractivity contribution in [3.8, 4) is 11.4 Å². The van der Waals surface area contributed by atoms with Crippen LogP contribution in [0.15, 0.2) is 27.5 Å². The highest BCUT2D eigenvalue weighted by atomic mass is 16.5. The summed E-state index contributed by atoms with van der Waals surface area (Å²) in [6, 6.07) is 1.73. The van der Waals surface area contributed by atoms with Crippen LogP contribution in [0.5, 0.6) is 0 Å². The number of carbonyl (C=O) groups excluding carboxylic acids is 1. The standard InChI is InChI=1S/C10H10N2O3/c1-2-8(13)5-9-11-10(12-15-9)7-3-4-14-6-7/h3-4,6H,2,5H2,1H3. The van der Waals surface area contributed by atoms with E-state index in [1.54, 1.807) is 13.0 Å². The Morgan fingerprint density at radius 2 is 2.40 bits per heavy atom. The van der Waals surface area contributed by atoms with Gasteiger partial charge in [-0.2, -0.15) is 4.98 Å². The molecule has 2 aromatic heterocycles. The summed E-state index contributed by atoms with van der Waals surface area (Å²) >= 11 is 0. The minimum absolute atomic E-state index is 0.0809. The van der Waals surface area contributed by atoms with Crippen molar-refractivity contribution in [3.63, 3.8) is 0 Å². The van der Waals surface area contributed by atoms with Gasteiger partial charge < -0.3 is 8.94 Å². The lowest BCUT2D eigenvalue weighted by atomic mass is 10.2. The van der Waals surface area contributed by atoms with Gasteiger partial charge in [-0.1, -0.05) is 12.1 Å². The Balaban J connectivity index is 2.14. The van der Waals surface area contributed by atoms with Crippen LogP contribution in [-0.2, 0) is 11.2 Å². The van der Waals surface area contributed by atoms with Crippen LogP contribution in [0.1, 0.15) is 19.2 Å². The molecule has 0 amide bonds. The first-order valence-electron chi connectivity index (χ1n) is 4.66. The SMILES string of the molecule is CCC(=O)Cc1nc(-c2ccoc2)no1. The molecule has 78 valence electrons. The predicted octanol–water partition coefficient (Wildman–Crippen LogP) is 1.85. The van der Waals surface area contributed by atoms with E-state index in [1.165, 1.54) is 12.5 Å². The number of nitrogens with zero attached hydrogens (tertiary/aromatic N) is 2. The molecule has 0 aromatic carbocycles. The molecular formula is C10H10N2O3. The predicted molar refractivity (Wildman–Crippen MR) is 51.0 cm³/mol. The van der Waals surface area contributed by atoms with E-state index >= 15 is 0 Å². The number of rotatable bonds is 4. The Bertz CT molecular complexity index is 445. The molecule has 0 aliphatic rings. The zero-order chi connectivity index (χ0) is 10.7. The summed E-state index contributed by atoms with van der Waals surface area (Å²) in [5.74, 6) is 0.873. The number of aromatic nitrogens is 2. The highest BCUT2D eigenvalue weighted by Gasteiger charge is 2.11. The maximum Gasteiger partial charge on any atom is 0.234 e. The van der Waals surface area contributed by atoms with E-state index in [0.29, 0.717) is 18.1 Å². The van der Waals surface area contributed by atoms with Gasteiger partial charge in [-0.15, -0.1) is 0 Å². The zero-order valence-electron chi connectivity index (χ0n) is 8.27. The van der Waals surface area contributed by atoms with Crippen molar-refractivity contribution in [1.82, 2.24) is 10.1 Å². The number of carbonyl (C=O) groups is 1. The summed E-state index contributed by atoms with van der Waals surface area (Å²) < 4.78 is 9.83. The molecule has 15 heavy (non-hydrogen) atoms. The monoisotopic (exact) mass is 206 g/mol. The van der Waals surface area contributed by atoms with E-state index in [0.717, 1.165) is 5.56 Å². The number of hydrogen-bond acceptors (Lipinski definition) is 5. The maximum absolute atomic E-state index is 11.1. The van der Waals surface area contributed by atoms with E-state index in [-0.39, 0.29) is 12.2 Å². The average molecular weight is 206 g/mol. The van der Waals surface area contributed by atoms with E-state index in [9.17, 15) is 4.79 Å². The molecule has 2 rings (SSSR count). The zero-order valence-corrected chi connectivity index (χ0v) is 8.27. The second-order valence-electron chi connectivity index (χ2n) is 3.09. The summed E-state index contributed by atoms with van der Waals surface area (Å²) in [7, 11) is 0. The van der Waals surface area contributed by atoms with E-state index in [1.807, 2.05) is 0 Å². The fourth-order valence-electron chi connectivity index (χ4n) is 1.13. The van der Waals surface area contributed by atoms with Crippen molar-refractivity contribution in [2.24, 2.45) is 0 Å². The Morgan fingerprint density at radius 1 is 1.53 bits per heavy atom. The van der Waals surface area contributed by atoms with Gasteiger partial charge in [0.15, 0.2) is 0 Å². The van der Waals surface area contributed by atoms with Crippen molar-refractivity contribution in [2.45, 2.75) is 19.8 Å². The van der Waals surface area contributed by atoms with Crippen LogP contribution in [0, 0.1) is 0 Å². The Morgan fingerprint density at radius 3 is 3.07 bits per heavy atom. The molecule has 5 heteroatoms. The van der Waals surface area contributed by atoms with Gasteiger partial charge in [0.1, 0.15) is 12.0 Å². The summed E-state index contributed by atoms with van der Waals surface area (Å²) in [5.41, 5.74) is 0.744. The fourth-order valence-corrected chi connectivity index (χ4v) is 1.13. The van der Waals surface area contributed by atoms with Crippen LogP contribution >= 0.6 is 0 Å². The average Bonchev–Trinajstić information content (AvgIpc) is 2.85. The van der Waals surface area contributed by atoms with Gasteiger partial charge in [-0.25, -0.2) is 0 Å². The Labute approximate surface area is 86.1 Å². The maximum atomic E-state index is 11.1. The molecule has 5 nitrogen and oxygen atoms in total. The van der Waals surface area contributed by atoms with Gasteiger partial charge in [0.2, 0.25) is 11.7 Å². The Kier molecular flexibility index (Phi) is 2.62. The van der Waals surface area contributed by atoms with E-state index in [2.05, 4.69) is 10.1 Å². The third kappa shape index (κ3) is 2.12. The van der Waals surface area contributed by atoms with Crippen LogP contribution in [0.25, 0.3) is 11.4 Å². The first-order valence-corrected chi connectivity index (χ1v) is 4.66. The van der Waals surface area contributed by atoms with Crippen molar-refractivity contribution in [1.29, 1.82) is 0 Å². The molecule has 0 spiro atoms. The third-order valence-electron chi connectivity index (χ3n) is 1.99. The van der Waals surface area contributed by atoms with Crippen molar-refractivity contribution in [2.75, 3.05) is 0 Å². The molecule has 0 bridgehead atoms. The summed E-state index contributed by atoms with van der Waals surface area (Å²) in [5, 5.41) is 3.75. The van der Waals surface area contributed by atoms with Crippen LogP contribution in [0.3, 0.4) is 0 Å². The molecule has 2 heterocycles. The van der Waals surface area contributed by atoms with Crippen molar-refractivity contribution < 1.29 is 13.7 Å². The second kappa shape index (κ2) is 4.08. The van der Waals surface area contributed by atoms with Gasteiger partial charge in [0, 0.05) is 6.42 Å². The molecule has 0 N–H and O–H groups in total.